The Balaban J connectivity index is -0.0000000800. The van der Waals surface area contributed by atoms with Crippen molar-refractivity contribution in [3.8, 4) is 0 Å². The fourth-order valence-corrected chi connectivity index (χ4v) is 0. The Morgan fingerprint density at radius 3 is 1.67 bits per heavy atom. The molecule has 0 saturated heterocycles. The first-order valence-electron chi connectivity index (χ1n) is 1.87. The molecule has 0 radical (unpaired) electrons. The van der Waals surface area contributed by atoms with Crippen LogP contribution in [-0.4, -0.2) is 0 Å². The maximum atomic E-state index is 2.08. The molecule has 0 fully saturated rings. The molecule has 0 spiro atoms. The monoisotopic (exact) mass is 94.1 g/mol. The van der Waals surface area contributed by atoms with Crippen molar-refractivity contribution in [2.45, 2.75) is 20.8 Å². The fourth-order valence-electron chi connectivity index (χ4n) is 0. The minimum atomic E-state index is 0. The predicted octanol–water partition coefficient (Wildman–Crippen LogP) is -0.911. The van der Waals surface area contributed by atoms with Crippen molar-refractivity contribution in [3.05, 3.63) is 11.6 Å². The minimum absolute atomic E-state index is 0. The minimum Gasteiger partial charge on any atom is -1.00 e. The van der Waals surface area contributed by atoms with E-state index in [-0.39, 0.29) is 31.0 Å². The molecule has 0 bridgehead atoms. The normalized spacial score (nSPS) is 5.83. The first-order valence-corrected chi connectivity index (χ1v) is 1.87. The quantitative estimate of drug-likeness (QED) is 0.269. The van der Waals surface area contributed by atoms with E-state index < -0.39 is 0 Å². The van der Waals surface area contributed by atoms with Crippen molar-refractivity contribution in [1.29, 1.82) is 0 Å². The van der Waals surface area contributed by atoms with Gasteiger partial charge >= 0.3 is 29.6 Å². The van der Waals surface area contributed by atoms with E-state index in [1.165, 1.54) is 5.57 Å². The fraction of sp³-hybridized carbons (Fsp3) is 0.600. The molecule has 0 aromatic rings. The maximum absolute atomic E-state index is 2.08. The van der Waals surface area contributed by atoms with Crippen LogP contribution >= 0.6 is 0 Å². The van der Waals surface area contributed by atoms with Crippen LogP contribution in [0.15, 0.2) is 11.6 Å². The molecule has 0 unspecified atom stereocenters. The van der Waals surface area contributed by atoms with E-state index in [4.69, 9.17) is 0 Å². The van der Waals surface area contributed by atoms with Crippen LogP contribution in [0.2, 0.25) is 0 Å². The van der Waals surface area contributed by atoms with Crippen LogP contribution in [0, 0.1) is 0 Å². The van der Waals surface area contributed by atoms with Crippen molar-refractivity contribution >= 4 is 0 Å². The zero-order valence-electron chi connectivity index (χ0n) is 6.08. The third-order valence-electron chi connectivity index (χ3n) is 0.577. The topological polar surface area (TPSA) is 0 Å². The van der Waals surface area contributed by atoms with Crippen molar-refractivity contribution < 1.29 is 31.0 Å². The number of allylic oxidation sites excluding steroid dienone is 2. The molecule has 0 aliphatic rings. The van der Waals surface area contributed by atoms with Gasteiger partial charge in [-0.2, -0.15) is 0 Å². The van der Waals surface area contributed by atoms with Gasteiger partial charge in [0.1, 0.15) is 0 Å². The third-order valence-corrected chi connectivity index (χ3v) is 0.577. The summed E-state index contributed by atoms with van der Waals surface area (Å²) >= 11 is 0. The van der Waals surface area contributed by atoms with E-state index in [0.717, 1.165) is 0 Å². The van der Waals surface area contributed by atoms with Gasteiger partial charge in [-0.25, -0.2) is 0 Å². The molecule has 0 heterocycles. The summed E-state index contributed by atoms with van der Waals surface area (Å²) in [6, 6.07) is 0. The average Bonchev–Trinajstić information content (AvgIpc) is 1.38. The third kappa shape index (κ3) is 8.83. The molecule has 1 heteroatoms. The largest absolute Gasteiger partial charge is 1.00 e. The number of hydrogen-bond acceptors (Lipinski definition) is 0. The van der Waals surface area contributed by atoms with Crippen molar-refractivity contribution in [1.82, 2.24) is 0 Å². The summed E-state index contributed by atoms with van der Waals surface area (Å²) in [5.41, 5.74) is 1.38. The summed E-state index contributed by atoms with van der Waals surface area (Å²) in [6.45, 7) is 6.20. The number of rotatable bonds is 0. The maximum Gasteiger partial charge on any atom is 1.00 e. The molecule has 0 aromatic carbocycles. The Labute approximate surface area is 63.4 Å². The molecule has 0 N–H and O–H groups in total. The average molecular weight is 94.1 g/mol. The van der Waals surface area contributed by atoms with Gasteiger partial charge < -0.3 is 1.43 Å². The van der Waals surface area contributed by atoms with Gasteiger partial charge in [0, 0.05) is 0 Å². The molecule has 32 valence electrons. The van der Waals surface area contributed by atoms with E-state index in [0.29, 0.717) is 0 Å². The van der Waals surface area contributed by atoms with Gasteiger partial charge in [-0.05, 0) is 20.8 Å². The van der Waals surface area contributed by atoms with Gasteiger partial charge in [0.15, 0.2) is 0 Å². The van der Waals surface area contributed by atoms with E-state index in [9.17, 15) is 0 Å². The standard InChI is InChI=1S/C5H10.Na.H/c1-4-5(2)3;;/h4H,1-3H3;;/q;+1;-1. The van der Waals surface area contributed by atoms with Crippen LogP contribution in [-0.2, 0) is 0 Å². The zero-order valence-corrected chi connectivity index (χ0v) is 7.08. The summed E-state index contributed by atoms with van der Waals surface area (Å²) in [5, 5.41) is 0. The van der Waals surface area contributed by atoms with E-state index >= 15 is 0 Å². The van der Waals surface area contributed by atoms with E-state index in [1.54, 1.807) is 0 Å². The Morgan fingerprint density at radius 2 is 1.67 bits per heavy atom. The van der Waals surface area contributed by atoms with Crippen LogP contribution in [0.25, 0.3) is 0 Å². The Hall–Kier alpha value is 0.740. The summed E-state index contributed by atoms with van der Waals surface area (Å²) in [5.74, 6) is 0. The zero-order chi connectivity index (χ0) is 4.28. The molecular formula is C5H11Na. The summed E-state index contributed by atoms with van der Waals surface area (Å²) in [6.07, 6.45) is 2.08. The smallest absolute Gasteiger partial charge is 1.00 e. The van der Waals surface area contributed by atoms with Crippen molar-refractivity contribution in [2.24, 2.45) is 0 Å². The molecule has 6 heavy (non-hydrogen) atoms. The summed E-state index contributed by atoms with van der Waals surface area (Å²) < 4.78 is 0. The van der Waals surface area contributed by atoms with Gasteiger partial charge in [0.25, 0.3) is 0 Å². The van der Waals surface area contributed by atoms with Gasteiger partial charge in [-0.1, -0.05) is 11.6 Å². The molecule has 0 aromatic heterocycles. The molecule has 0 saturated carbocycles. The molecule has 0 rings (SSSR count). The van der Waals surface area contributed by atoms with Gasteiger partial charge in [-0.15, -0.1) is 0 Å². The molecule has 0 aliphatic carbocycles. The number of hydrogen-bond donors (Lipinski definition) is 0. The first-order chi connectivity index (χ1) is 2.27. The van der Waals surface area contributed by atoms with Gasteiger partial charge in [-0.3, -0.25) is 0 Å². The first kappa shape index (κ1) is 9.88. The SMILES string of the molecule is CC=C(C)C.[H-].[Na+]. The molecule has 0 aliphatic heterocycles. The van der Waals surface area contributed by atoms with Crippen LogP contribution in [0.5, 0.6) is 0 Å². The van der Waals surface area contributed by atoms with Crippen LogP contribution in [0.4, 0.5) is 0 Å². The predicted molar refractivity (Wildman–Crippen MR) is 26.2 cm³/mol. The second-order valence-electron chi connectivity index (χ2n) is 1.37. The van der Waals surface area contributed by atoms with Crippen LogP contribution < -0.4 is 29.6 Å². The van der Waals surface area contributed by atoms with Crippen molar-refractivity contribution in [2.75, 3.05) is 0 Å². The summed E-state index contributed by atoms with van der Waals surface area (Å²) in [4.78, 5) is 0. The molecule has 0 amide bonds. The van der Waals surface area contributed by atoms with Crippen molar-refractivity contribution in [3.63, 3.8) is 0 Å². The van der Waals surface area contributed by atoms with E-state index in [2.05, 4.69) is 19.9 Å². The van der Waals surface area contributed by atoms with Crippen LogP contribution in [0.1, 0.15) is 22.2 Å². The molecular weight excluding hydrogens is 83.0 g/mol. The van der Waals surface area contributed by atoms with Gasteiger partial charge in [0.2, 0.25) is 0 Å². The molecule has 0 nitrogen and oxygen atoms in total. The van der Waals surface area contributed by atoms with E-state index in [1.807, 2.05) is 6.92 Å². The molecule has 0 atom stereocenters. The second kappa shape index (κ2) is 5.74. The Kier molecular flexibility index (Phi) is 9.46. The van der Waals surface area contributed by atoms with Gasteiger partial charge in [0.05, 0.1) is 0 Å². The Morgan fingerprint density at radius 1 is 1.50 bits per heavy atom. The Bertz CT molecular complexity index is 46.0. The van der Waals surface area contributed by atoms with Crippen LogP contribution in [0.3, 0.4) is 0 Å². The summed E-state index contributed by atoms with van der Waals surface area (Å²) in [7, 11) is 0. The second-order valence-corrected chi connectivity index (χ2v) is 1.37.